The van der Waals surface area contributed by atoms with Gasteiger partial charge in [-0.25, -0.2) is 4.39 Å². The minimum Gasteiger partial charge on any atom is -0.495 e. The van der Waals surface area contributed by atoms with Crippen LogP contribution in [0.2, 0.25) is 0 Å². The molecule has 0 aliphatic carbocycles. The van der Waals surface area contributed by atoms with E-state index in [-0.39, 0.29) is 25.1 Å². The third-order valence-electron chi connectivity index (χ3n) is 2.22. The fourth-order valence-corrected chi connectivity index (χ4v) is 1.38. The van der Waals surface area contributed by atoms with E-state index in [9.17, 15) is 4.39 Å². The van der Waals surface area contributed by atoms with Gasteiger partial charge in [0.25, 0.3) is 0 Å². The van der Waals surface area contributed by atoms with Crippen LogP contribution >= 0.6 is 0 Å². The summed E-state index contributed by atoms with van der Waals surface area (Å²) in [5.74, 6) is 0.113. The summed E-state index contributed by atoms with van der Waals surface area (Å²) in [6.45, 7) is -0.184. The molecule has 0 bridgehead atoms. The Morgan fingerprint density at radius 1 is 1.44 bits per heavy atom. The van der Waals surface area contributed by atoms with Gasteiger partial charge < -0.3 is 20.3 Å². The molecule has 1 atom stereocenters. The number of halogens is 1. The van der Waals surface area contributed by atoms with Crippen molar-refractivity contribution in [3.63, 3.8) is 0 Å². The molecule has 1 aromatic rings. The van der Waals surface area contributed by atoms with Gasteiger partial charge in [0.15, 0.2) is 0 Å². The van der Waals surface area contributed by atoms with Gasteiger partial charge in [-0.15, -0.1) is 0 Å². The molecular formula is C11H16FNO3. The van der Waals surface area contributed by atoms with Crippen LogP contribution in [0.3, 0.4) is 0 Å². The highest BCUT2D eigenvalue weighted by Crippen LogP contribution is 2.25. The van der Waals surface area contributed by atoms with E-state index < -0.39 is 0 Å². The lowest BCUT2D eigenvalue weighted by Gasteiger charge is -2.18. The predicted molar refractivity (Wildman–Crippen MR) is 59.2 cm³/mol. The summed E-state index contributed by atoms with van der Waals surface area (Å²) in [5, 5.41) is 20.7. The SMILES string of the molecule is COc1ccc(F)cc1NC(CO)CCO. The van der Waals surface area contributed by atoms with Crippen molar-refractivity contribution in [2.75, 3.05) is 25.6 Å². The minimum absolute atomic E-state index is 0.0458. The molecule has 0 aliphatic rings. The van der Waals surface area contributed by atoms with Gasteiger partial charge in [0, 0.05) is 12.7 Å². The van der Waals surface area contributed by atoms with E-state index in [0.29, 0.717) is 17.9 Å². The van der Waals surface area contributed by atoms with Gasteiger partial charge in [0.1, 0.15) is 11.6 Å². The van der Waals surface area contributed by atoms with Gasteiger partial charge >= 0.3 is 0 Å². The zero-order chi connectivity index (χ0) is 12.0. The Bertz CT molecular complexity index is 333. The average Bonchev–Trinajstić information content (AvgIpc) is 2.29. The molecule has 1 aromatic carbocycles. The molecule has 5 heteroatoms. The first-order chi connectivity index (χ1) is 7.71. The lowest BCUT2D eigenvalue weighted by atomic mass is 10.2. The maximum Gasteiger partial charge on any atom is 0.142 e. The Morgan fingerprint density at radius 2 is 2.19 bits per heavy atom. The number of hydrogen-bond acceptors (Lipinski definition) is 4. The van der Waals surface area contributed by atoms with Crippen LogP contribution in [0, 0.1) is 5.82 Å². The molecule has 4 nitrogen and oxygen atoms in total. The molecule has 0 aliphatic heterocycles. The summed E-state index contributed by atoms with van der Waals surface area (Å²) in [6, 6.07) is 3.77. The summed E-state index contributed by atoms with van der Waals surface area (Å²) in [6.07, 6.45) is 0.385. The second-order valence-electron chi connectivity index (χ2n) is 3.38. The van der Waals surface area contributed by atoms with E-state index in [0.717, 1.165) is 0 Å². The van der Waals surface area contributed by atoms with Crippen molar-refractivity contribution in [2.24, 2.45) is 0 Å². The smallest absolute Gasteiger partial charge is 0.142 e. The molecule has 3 N–H and O–H groups in total. The lowest BCUT2D eigenvalue weighted by molar-refractivity contribution is 0.228. The van der Waals surface area contributed by atoms with Crippen LogP contribution in [0.15, 0.2) is 18.2 Å². The molecular weight excluding hydrogens is 213 g/mol. The molecule has 0 radical (unpaired) electrons. The summed E-state index contributed by atoms with van der Waals surface area (Å²) in [7, 11) is 1.48. The minimum atomic E-state index is -0.385. The number of anilines is 1. The molecule has 0 amide bonds. The quantitative estimate of drug-likeness (QED) is 0.680. The first-order valence-corrected chi connectivity index (χ1v) is 5.03. The van der Waals surface area contributed by atoms with E-state index >= 15 is 0 Å². The number of aliphatic hydroxyl groups is 2. The third kappa shape index (κ3) is 3.36. The van der Waals surface area contributed by atoms with Crippen LogP contribution in [0.25, 0.3) is 0 Å². The Hall–Kier alpha value is -1.33. The van der Waals surface area contributed by atoms with Crippen molar-refractivity contribution < 1.29 is 19.3 Å². The molecule has 0 saturated heterocycles. The third-order valence-corrected chi connectivity index (χ3v) is 2.22. The molecule has 1 rings (SSSR count). The van der Waals surface area contributed by atoms with Crippen LogP contribution in [-0.4, -0.2) is 36.6 Å². The van der Waals surface area contributed by atoms with Crippen LogP contribution in [0.5, 0.6) is 5.75 Å². The second kappa shape index (κ2) is 6.30. The highest BCUT2D eigenvalue weighted by Gasteiger charge is 2.10. The van der Waals surface area contributed by atoms with Gasteiger partial charge in [-0.1, -0.05) is 0 Å². The number of aliphatic hydroxyl groups excluding tert-OH is 2. The summed E-state index contributed by atoms with van der Waals surface area (Å²) in [4.78, 5) is 0. The zero-order valence-electron chi connectivity index (χ0n) is 9.11. The van der Waals surface area contributed by atoms with E-state index in [1.54, 1.807) is 0 Å². The Morgan fingerprint density at radius 3 is 2.75 bits per heavy atom. The van der Waals surface area contributed by atoms with Crippen molar-refractivity contribution >= 4 is 5.69 Å². The summed E-state index contributed by atoms with van der Waals surface area (Å²) < 4.78 is 18.1. The molecule has 0 spiro atoms. The standard InChI is InChI=1S/C11H16FNO3/c1-16-11-3-2-8(12)6-10(11)13-9(7-15)4-5-14/h2-3,6,9,13-15H,4-5,7H2,1H3. The highest BCUT2D eigenvalue weighted by molar-refractivity contribution is 5.57. The van der Waals surface area contributed by atoms with Gasteiger partial charge in [-0.05, 0) is 18.6 Å². The molecule has 0 heterocycles. The molecule has 0 aromatic heterocycles. The average molecular weight is 229 g/mol. The van der Waals surface area contributed by atoms with Crippen molar-refractivity contribution in [3.05, 3.63) is 24.0 Å². The molecule has 0 saturated carbocycles. The van der Waals surface area contributed by atoms with Gasteiger partial charge in [-0.3, -0.25) is 0 Å². The van der Waals surface area contributed by atoms with E-state index in [2.05, 4.69) is 5.32 Å². The van der Waals surface area contributed by atoms with E-state index in [1.807, 2.05) is 0 Å². The monoisotopic (exact) mass is 229 g/mol. The van der Waals surface area contributed by atoms with Crippen molar-refractivity contribution in [2.45, 2.75) is 12.5 Å². The fourth-order valence-electron chi connectivity index (χ4n) is 1.38. The Labute approximate surface area is 93.7 Å². The number of hydrogen-bond donors (Lipinski definition) is 3. The highest BCUT2D eigenvalue weighted by atomic mass is 19.1. The largest absolute Gasteiger partial charge is 0.495 e. The van der Waals surface area contributed by atoms with Crippen molar-refractivity contribution in [3.8, 4) is 5.75 Å². The molecule has 16 heavy (non-hydrogen) atoms. The fraction of sp³-hybridized carbons (Fsp3) is 0.455. The Balaban J connectivity index is 2.80. The van der Waals surface area contributed by atoms with Crippen LogP contribution < -0.4 is 10.1 Å². The zero-order valence-corrected chi connectivity index (χ0v) is 9.11. The van der Waals surface area contributed by atoms with Crippen LogP contribution in [0.1, 0.15) is 6.42 Å². The predicted octanol–water partition coefficient (Wildman–Crippen LogP) is 0.989. The summed E-state index contributed by atoms with van der Waals surface area (Å²) >= 11 is 0. The topological polar surface area (TPSA) is 61.7 Å². The summed E-state index contributed by atoms with van der Waals surface area (Å²) in [5.41, 5.74) is 0.468. The van der Waals surface area contributed by atoms with Crippen LogP contribution in [0.4, 0.5) is 10.1 Å². The van der Waals surface area contributed by atoms with E-state index in [4.69, 9.17) is 14.9 Å². The number of benzene rings is 1. The number of methoxy groups -OCH3 is 1. The number of nitrogens with one attached hydrogen (secondary N) is 1. The number of rotatable bonds is 6. The van der Waals surface area contributed by atoms with Crippen molar-refractivity contribution in [1.82, 2.24) is 0 Å². The molecule has 0 fully saturated rings. The second-order valence-corrected chi connectivity index (χ2v) is 3.38. The van der Waals surface area contributed by atoms with E-state index in [1.165, 1.54) is 25.3 Å². The molecule has 1 unspecified atom stereocenters. The Kier molecular flexibility index (Phi) is 5.01. The van der Waals surface area contributed by atoms with Gasteiger partial charge in [0.2, 0.25) is 0 Å². The van der Waals surface area contributed by atoms with Crippen LogP contribution in [-0.2, 0) is 0 Å². The van der Waals surface area contributed by atoms with Gasteiger partial charge in [-0.2, -0.15) is 0 Å². The van der Waals surface area contributed by atoms with Gasteiger partial charge in [0.05, 0.1) is 25.4 Å². The maximum absolute atomic E-state index is 13.0. The number of ether oxygens (including phenoxy) is 1. The first-order valence-electron chi connectivity index (χ1n) is 5.03. The maximum atomic E-state index is 13.0. The normalized spacial score (nSPS) is 12.2. The van der Waals surface area contributed by atoms with Crippen molar-refractivity contribution in [1.29, 1.82) is 0 Å². The lowest BCUT2D eigenvalue weighted by Crippen LogP contribution is -2.25. The first kappa shape index (κ1) is 12.7. The molecule has 90 valence electrons.